The van der Waals surface area contributed by atoms with Crippen LogP contribution in [0.3, 0.4) is 0 Å². The summed E-state index contributed by atoms with van der Waals surface area (Å²) >= 11 is 0. The van der Waals surface area contributed by atoms with Crippen molar-refractivity contribution in [2.24, 2.45) is 0 Å². The lowest BCUT2D eigenvalue weighted by Gasteiger charge is -2.31. The minimum absolute atomic E-state index is 0.376. The molecule has 1 heteroatoms. The van der Waals surface area contributed by atoms with Crippen molar-refractivity contribution >= 4 is 8.07 Å². The average Bonchev–Trinajstić information content (AvgIpc) is 1.85. The van der Waals surface area contributed by atoms with Crippen LogP contribution < -0.4 is 0 Å². The molecule has 0 aliphatic rings. The Labute approximate surface area is 78.1 Å². The molecule has 12 heavy (non-hydrogen) atoms. The van der Waals surface area contributed by atoms with E-state index in [1.807, 2.05) is 6.08 Å². The maximum absolute atomic E-state index is 3.66. The summed E-state index contributed by atoms with van der Waals surface area (Å²) in [4.78, 5) is 0. The Morgan fingerprint density at radius 3 is 2.17 bits per heavy atom. The molecule has 0 atom stereocenters. The molecule has 0 radical (unpaired) electrons. The molecule has 0 N–H and O–H groups in total. The van der Waals surface area contributed by atoms with Crippen molar-refractivity contribution in [2.45, 2.75) is 45.3 Å². The standard InChI is InChI=1S/C11H20Si/c1-7-8-9-10-12(5,6)11(2,3)4/h7H,1,8H2,2-6H3. The highest BCUT2D eigenvalue weighted by molar-refractivity contribution is 6.87. The van der Waals surface area contributed by atoms with Gasteiger partial charge in [0.15, 0.2) is 0 Å². The van der Waals surface area contributed by atoms with Crippen LogP contribution in [0.5, 0.6) is 0 Å². The Hall–Kier alpha value is -0.483. The molecule has 0 nitrogen and oxygen atoms in total. The van der Waals surface area contributed by atoms with Gasteiger partial charge < -0.3 is 0 Å². The Morgan fingerprint density at radius 2 is 1.83 bits per heavy atom. The van der Waals surface area contributed by atoms with E-state index in [4.69, 9.17) is 0 Å². The summed E-state index contributed by atoms with van der Waals surface area (Å²) in [5.41, 5.74) is 3.42. The topological polar surface area (TPSA) is 0 Å². The molecule has 0 aromatic carbocycles. The predicted octanol–water partition coefficient (Wildman–Crippen LogP) is 3.61. The smallest absolute Gasteiger partial charge is 0.131 e. The molecule has 0 aliphatic heterocycles. The normalized spacial score (nSPS) is 11.8. The maximum atomic E-state index is 3.66. The maximum Gasteiger partial charge on any atom is 0.137 e. The molecule has 0 rings (SSSR count). The summed E-state index contributed by atoms with van der Waals surface area (Å²) in [7, 11) is -1.35. The summed E-state index contributed by atoms with van der Waals surface area (Å²) in [5, 5.41) is 0.376. The molecule has 0 amide bonds. The average molecular weight is 180 g/mol. The molecule has 0 aromatic rings. The van der Waals surface area contributed by atoms with Gasteiger partial charge in [0.25, 0.3) is 0 Å². The van der Waals surface area contributed by atoms with Crippen molar-refractivity contribution in [1.82, 2.24) is 0 Å². The van der Waals surface area contributed by atoms with Crippen LogP contribution in [0.15, 0.2) is 12.7 Å². The van der Waals surface area contributed by atoms with Gasteiger partial charge in [0.1, 0.15) is 8.07 Å². The van der Waals surface area contributed by atoms with E-state index in [1.54, 1.807) is 0 Å². The van der Waals surface area contributed by atoms with Gasteiger partial charge in [-0.2, -0.15) is 0 Å². The first-order valence-corrected chi connectivity index (χ1v) is 7.42. The van der Waals surface area contributed by atoms with Crippen LogP contribution in [-0.2, 0) is 0 Å². The Kier molecular flexibility index (Phi) is 3.80. The Morgan fingerprint density at radius 1 is 1.33 bits per heavy atom. The first-order chi connectivity index (χ1) is 5.31. The quantitative estimate of drug-likeness (QED) is 0.328. The number of rotatable bonds is 1. The van der Waals surface area contributed by atoms with Gasteiger partial charge in [0, 0.05) is 6.42 Å². The van der Waals surface area contributed by atoms with E-state index >= 15 is 0 Å². The van der Waals surface area contributed by atoms with E-state index in [2.05, 4.69) is 51.9 Å². The van der Waals surface area contributed by atoms with Gasteiger partial charge in [-0.15, -0.1) is 18.0 Å². The first kappa shape index (κ1) is 11.5. The predicted molar refractivity (Wildman–Crippen MR) is 59.8 cm³/mol. The minimum Gasteiger partial charge on any atom is -0.131 e. The fraction of sp³-hybridized carbons (Fsp3) is 0.636. The molecular formula is C11H20Si. The van der Waals surface area contributed by atoms with Gasteiger partial charge in [-0.05, 0) is 5.04 Å². The highest BCUT2D eigenvalue weighted by Gasteiger charge is 2.33. The van der Waals surface area contributed by atoms with Crippen LogP contribution in [-0.4, -0.2) is 8.07 Å². The van der Waals surface area contributed by atoms with Crippen LogP contribution in [0.2, 0.25) is 18.1 Å². The zero-order valence-corrected chi connectivity index (χ0v) is 9.99. The largest absolute Gasteiger partial charge is 0.137 e. The fourth-order valence-corrected chi connectivity index (χ4v) is 1.45. The summed E-state index contributed by atoms with van der Waals surface area (Å²) in [6.45, 7) is 15.1. The molecule has 0 heterocycles. The third-order valence-corrected chi connectivity index (χ3v) is 7.07. The molecule has 0 unspecified atom stereocenters. The lowest BCUT2D eigenvalue weighted by atomic mass is 10.2. The monoisotopic (exact) mass is 180 g/mol. The second-order valence-corrected chi connectivity index (χ2v) is 9.67. The van der Waals surface area contributed by atoms with Gasteiger partial charge in [0.05, 0.1) is 0 Å². The zero-order valence-electron chi connectivity index (χ0n) is 8.99. The summed E-state index contributed by atoms with van der Waals surface area (Å²) in [6, 6.07) is 0. The number of hydrogen-bond acceptors (Lipinski definition) is 0. The third-order valence-electron chi connectivity index (χ3n) is 2.52. The van der Waals surface area contributed by atoms with E-state index in [-0.39, 0.29) is 0 Å². The van der Waals surface area contributed by atoms with E-state index in [1.165, 1.54) is 0 Å². The van der Waals surface area contributed by atoms with Crippen molar-refractivity contribution in [3.8, 4) is 11.5 Å². The van der Waals surface area contributed by atoms with Gasteiger partial charge >= 0.3 is 0 Å². The van der Waals surface area contributed by atoms with Crippen LogP contribution in [0, 0.1) is 11.5 Å². The number of hydrogen-bond donors (Lipinski definition) is 0. The lowest BCUT2D eigenvalue weighted by Crippen LogP contribution is -2.35. The van der Waals surface area contributed by atoms with E-state index < -0.39 is 8.07 Å². The second-order valence-electron chi connectivity index (χ2n) is 4.67. The van der Waals surface area contributed by atoms with Crippen LogP contribution in [0.4, 0.5) is 0 Å². The van der Waals surface area contributed by atoms with Gasteiger partial charge in [-0.25, -0.2) is 0 Å². The molecule has 0 saturated carbocycles. The van der Waals surface area contributed by atoms with Crippen LogP contribution in [0.25, 0.3) is 0 Å². The number of allylic oxidation sites excluding steroid dienone is 1. The van der Waals surface area contributed by atoms with Gasteiger partial charge in [0.2, 0.25) is 0 Å². The highest BCUT2D eigenvalue weighted by atomic mass is 28.3. The van der Waals surface area contributed by atoms with Crippen molar-refractivity contribution < 1.29 is 0 Å². The molecule has 0 aromatic heterocycles. The highest BCUT2D eigenvalue weighted by Crippen LogP contribution is 2.35. The van der Waals surface area contributed by atoms with Crippen molar-refractivity contribution in [1.29, 1.82) is 0 Å². The third kappa shape index (κ3) is 3.28. The molecule has 0 spiro atoms. The molecule has 68 valence electrons. The summed E-state index contributed by atoms with van der Waals surface area (Å²) in [6.07, 6.45) is 2.69. The second kappa shape index (κ2) is 3.96. The fourth-order valence-electron chi connectivity index (χ4n) is 0.532. The minimum atomic E-state index is -1.35. The van der Waals surface area contributed by atoms with E-state index in [0.29, 0.717) is 5.04 Å². The lowest BCUT2D eigenvalue weighted by molar-refractivity contribution is 0.731. The molecule has 0 fully saturated rings. The van der Waals surface area contributed by atoms with E-state index in [0.717, 1.165) is 6.42 Å². The molecule has 0 bridgehead atoms. The molecular weight excluding hydrogens is 160 g/mol. The van der Waals surface area contributed by atoms with Crippen LogP contribution in [0.1, 0.15) is 27.2 Å². The summed E-state index contributed by atoms with van der Waals surface area (Å²) in [5.74, 6) is 3.18. The SMILES string of the molecule is C=CCC#C[Si](C)(C)C(C)(C)C. The zero-order chi connectivity index (χ0) is 9.83. The van der Waals surface area contributed by atoms with Gasteiger partial charge in [-0.1, -0.05) is 39.9 Å². The Balaban J connectivity index is 4.45. The van der Waals surface area contributed by atoms with Crippen molar-refractivity contribution in [2.75, 3.05) is 0 Å². The van der Waals surface area contributed by atoms with Crippen LogP contribution >= 0.6 is 0 Å². The Bertz CT molecular complexity index is 207. The van der Waals surface area contributed by atoms with Crippen molar-refractivity contribution in [3.63, 3.8) is 0 Å². The van der Waals surface area contributed by atoms with Crippen molar-refractivity contribution in [3.05, 3.63) is 12.7 Å². The summed E-state index contributed by atoms with van der Waals surface area (Å²) < 4.78 is 0. The van der Waals surface area contributed by atoms with Gasteiger partial charge in [-0.3, -0.25) is 0 Å². The molecule has 0 aliphatic carbocycles. The molecule has 0 saturated heterocycles. The first-order valence-electron chi connectivity index (χ1n) is 4.42. The van der Waals surface area contributed by atoms with E-state index in [9.17, 15) is 0 Å².